The highest BCUT2D eigenvalue weighted by Gasteiger charge is 2.24. The van der Waals surface area contributed by atoms with Crippen LogP contribution in [-0.2, 0) is 14.8 Å². The molecule has 0 spiro atoms. The van der Waals surface area contributed by atoms with Crippen molar-refractivity contribution in [1.82, 2.24) is 14.9 Å². The lowest BCUT2D eigenvalue weighted by molar-refractivity contribution is -0.121. The molecule has 0 aliphatic carbocycles. The third kappa shape index (κ3) is 6.27. The Bertz CT molecular complexity index is 916. The molecule has 1 fully saturated rings. The van der Waals surface area contributed by atoms with Gasteiger partial charge in [-0.1, -0.05) is 41.9 Å². The number of rotatable bonds is 9. The van der Waals surface area contributed by atoms with E-state index in [4.69, 9.17) is 11.6 Å². The Morgan fingerprint density at radius 2 is 1.79 bits per heavy atom. The molecule has 1 aliphatic heterocycles. The highest BCUT2D eigenvalue weighted by atomic mass is 35.5. The predicted molar refractivity (Wildman–Crippen MR) is 114 cm³/mol. The summed E-state index contributed by atoms with van der Waals surface area (Å²) in [5.74, 6) is -0.188. The van der Waals surface area contributed by atoms with Crippen LogP contribution >= 0.6 is 11.6 Å². The lowest BCUT2D eigenvalue weighted by Crippen LogP contribution is -2.38. The molecule has 0 bridgehead atoms. The third-order valence-corrected chi connectivity index (χ3v) is 6.72. The number of hydrogen-bond donors (Lipinski definition) is 2. The summed E-state index contributed by atoms with van der Waals surface area (Å²) < 4.78 is 26.9. The standard InChI is InChI=1S/C21H26ClN3O3S/c22-18-8-6-7-17(15-18)20(25-13-4-5-14-25)16-23-21(26)11-12-24-29(27,28)19-9-2-1-3-10-19/h1-3,6-10,15,20,24H,4-5,11-14,16H2,(H,23,26). The quantitative estimate of drug-likeness (QED) is 0.634. The molecule has 3 rings (SSSR count). The number of carbonyl (C=O) groups excluding carboxylic acids is 1. The minimum Gasteiger partial charge on any atom is -0.354 e. The van der Waals surface area contributed by atoms with E-state index in [1.54, 1.807) is 18.2 Å². The van der Waals surface area contributed by atoms with Gasteiger partial charge in [-0.2, -0.15) is 0 Å². The normalized spacial score (nSPS) is 15.9. The molecule has 2 aromatic carbocycles. The van der Waals surface area contributed by atoms with Gasteiger partial charge in [0.15, 0.2) is 0 Å². The lowest BCUT2D eigenvalue weighted by Gasteiger charge is -2.28. The van der Waals surface area contributed by atoms with Crippen LogP contribution in [0.15, 0.2) is 59.5 Å². The van der Waals surface area contributed by atoms with E-state index in [1.807, 2.05) is 24.3 Å². The van der Waals surface area contributed by atoms with Crippen LogP contribution in [-0.4, -0.2) is 45.4 Å². The summed E-state index contributed by atoms with van der Waals surface area (Å²) >= 11 is 6.15. The van der Waals surface area contributed by atoms with Crippen LogP contribution in [0.4, 0.5) is 0 Å². The third-order valence-electron chi connectivity index (χ3n) is 5.01. The molecule has 6 nitrogen and oxygen atoms in total. The highest BCUT2D eigenvalue weighted by molar-refractivity contribution is 7.89. The van der Waals surface area contributed by atoms with Crippen LogP contribution < -0.4 is 10.0 Å². The van der Waals surface area contributed by atoms with Crippen molar-refractivity contribution < 1.29 is 13.2 Å². The van der Waals surface area contributed by atoms with Crippen LogP contribution in [0.3, 0.4) is 0 Å². The number of hydrogen-bond acceptors (Lipinski definition) is 4. The number of nitrogens with one attached hydrogen (secondary N) is 2. The van der Waals surface area contributed by atoms with Gasteiger partial charge in [0.05, 0.1) is 10.9 Å². The van der Waals surface area contributed by atoms with Gasteiger partial charge < -0.3 is 5.32 Å². The molecule has 0 radical (unpaired) electrons. The maximum atomic E-state index is 12.3. The molecule has 2 aromatic rings. The van der Waals surface area contributed by atoms with E-state index in [0.717, 1.165) is 31.5 Å². The van der Waals surface area contributed by atoms with Gasteiger partial charge in [0.25, 0.3) is 0 Å². The summed E-state index contributed by atoms with van der Waals surface area (Å²) in [6, 6.07) is 15.9. The molecule has 1 amide bonds. The average Bonchev–Trinajstić information content (AvgIpc) is 3.23. The number of nitrogens with zero attached hydrogens (tertiary/aromatic N) is 1. The topological polar surface area (TPSA) is 78.5 Å². The molecule has 156 valence electrons. The summed E-state index contributed by atoms with van der Waals surface area (Å²) in [4.78, 5) is 14.8. The van der Waals surface area contributed by atoms with E-state index in [2.05, 4.69) is 14.9 Å². The first-order valence-corrected chi connectivity index (χ1v) is 11.6. The number of sulfonamides is 1. The largest absolute Gasteiger partial charge is 0.354 e. The molecule has 1 aliphatic rings. The Morgan fingerprint density at radius 1 is 1.07 bits per heavy atom. The summed E-state index contributed by atoms with van der Waals surface area (Å²) in [7, 11) is -3.60. The van der Waals surface area contributed by atoms with Crippen molar-refractivity contribution in [2.24, 2.45) is 0 Å². The van der Waals surface area contributed by atoms with Gasteiger partial charge in [0, 0.05) is 24.5 Å². The van der Waals surface area contributed by atoms with Crippen molar-refractivity contribution in [1.29, 1.82) is 0 Å². The first-order chi connectivity index (χ1) is 14.0. The lowest BCUT2D eigenvalue weighted by atomic mass is 10.1. The molecule has 8 heteroatoms. The van der Waals surface area contributed by atoms with E-state index in [0.29, 0.717) is 11.6 Å². The maximum Gasteiger partial charge on any atom is 0.240 e. The van der Waals surface area contributed by atoms with Gasteiger partial charge in [0.2, 0.25) is 15.9 Å². The second-order valence-corrected chi connectivity index (χ2v) is 9.28. The van der Waals surface area contributed by atoms with Gasteiger partial charge in [-0.25, -0.2) is 13.1 Å². The number of halogens is 1. The van der Waals surface area contributed by atoms with Crippen LogP contribution in [0.2, 0.25) is 5.02 Å². The van der Waals surface area contributed by atoms with Crippen molar-refractivity contribution in [3.8, 4) is 0 Å². The molecule has 29 heavy (non-hydrogen) atoms. The van der Waals surface area contributed by atoms with E-state index in [-0.39, 0.29) is 29.8 Å². The van der Waals surface area contributed by atoms with Gasteiger partial charge >= 0.3 is 0 Å². The molecular formula is C21H26ClN3O3S. The predicted octanol–water partition coefficient (Wildman–Crippen LogP) is 2.96. The Labute approximate surface area is 177 Å². The zero-order valence-electron chi connectivity index (χ0n) is 16.2. The summed E-state index contributed by atoms with van der Waals surface area (Å²) in [5.41, 5.74) is 1.07. The summed E-state index contributed by atoms with van der Waals surface area (Å²) in [5, 5.41) is 3.62. The Kier molecular flexibility index (Phi) is 7.66. The minimum absolute atomic E-state index is 0.0502. The van der Waals surface area contributed by atoms with E-state index in [1.165, 1.54) is 12.1 Å². The number of amides is 1. The molecule has 1 saturated heterocycles. The van der Waals surface area contributed by atoms with Gasteiger partial charge in [-0.3, -0.25) is 9.69 Å². The number of benzene rings is 2. The van der Waals surface area contributed by atoms with Gasteiger partial charge in [-0.15, -0.1) is 0 Å². The molecule has 1 unspecified atom stereocenters. The fraction of sp³-hybridized carbons (Fsp3) is 0.381. The molecule has 1 heterocycles. The monoisotopic (exact) mass is 435 g/mol. The fourth-order valence-electron chi connectivity index (χ4n) is 3.51. The van der Waals surface area contributed by atoms with Gasteiger partial charge in [-0.05, 0) is 55.8 Å². The van der Waals surface area contributed by atoms with Crippen LogP contribution in [0.5, 0.6) is 0 Å². The highest BCUT2D eigenvalue weighted by Crippen LogP contribution is 2.26. The Balaban J connectivity index is 1.52. The minimum atomic E-state index is -3.60. The number of likely N-dealkylation sites (tertiary alicyclic amines) is 1. The summed E-state index contributed by atoms with van der Waals surface area (Å²) in [6.45, 7) is 2.49. The molecule has 0 saturated carbocycles. The van der Waals surface area contributed by atoms with E-state index >= 15 is 0 Å². The van der Waals surface area contributed by atoms with Crippen LogP contribution in [0.25, 0.3) is 0 Å². The fourth-order valence-corrected chi connectivity index (χ4v) is 4.76. The van der Waals surface area contributed by atoms with Crippen molar-refractivity contribution >= 4 is 27.5 Å². The van der Waals surface area contributed by atoms with Crippen molar-refractivity contribution in [3.05, 3.63) is 65.2 Å². The molecular weight excluding hydrogens is 410 g/mol. The Hall–Kier alpha value is -1.93. The van der Waals surface area contributed by atoms with Gasteiger partial charge in [0.1, 0.15) is 0 Å². The molecule has 2 N–H and O–H groups in total. The second-order valence-electron chi connectivity index (χ2n) is 7.08. The SMILES string of the molecule is O=C(CCNS(=O)(=O)c1ccccc1)NCC(c1cccc(Cl)c1)N1CCCC1. The average molecular weight is 436 g/mol. The van der Waals surface area contributed by atoms with Crippen molar-refractivity contribution in [2.75, 3.05) is 26.2 Å². The zero-order valence-corrected chi connectivity index (χ0v) is 17.8. The maximum absolute atomic E-state index is 12.3. The Morgan fingerprint density at radius 3 is 2.48 bits per heavy atom. The second kappa shape index (κ2) is 10.2. The first-order valence-electron chi connectivity index (χ1n) is 9.76. The molecule has 0 aromatic heterocycles. The smallest absolute Gasteiger partial charge is 0.240 e. The van der Waals surface area contributed by atoms with E-state index < -0.39 is 10.0 Å². The van der Waals surface area contributed by atoms with Crippen LogP contribution in [0, 0.1) is 0 Å². The van der Waals surface area contributed by atoms with Crippen molar-refractivity contribution in [2.45, 2.75) is 30.2 Å². The summed E-state index contributed by atoms with van der Waals surface area (Å²) in [6.07, 6.45) is 2.37. The molecule has 1 atom stereocenters. The van der Waals surface area contributed by atoms with E-state index in [9.17, 15) is 13.2 Å². The number of carbonyl (C=O) groups is 1. The van der Waals surface area contributed by atoms with Crippen LogP contribution in [0.1, 0.15) is 30.9 Å². The zero-order chi connectivity index (χ0) is 20.7. The first kappa shape index (κ1) is 21.8. The van der Waals surface area contributed by atoms with Crippen molar-refractivity contribution in [3.63, 3.8) is 0 Å².